The molecule has 1 aromatic carbocycles. The molecule has 0 saturated carbocycles. The fourth-order valence-electron chi connectivity index (χ4n) is 5.84. The van der Waals surface area contributed by atoms with Crippen molar-refractivity contribution in [3.63, 3.8) is 0 Å². The third kappa shape index (κ3) is 9.00. The lowest BCUT2D eigenvalue weighted by Crippen LogP contribution is -2.69. The largest absolute Gasteiger partial charge is 0.497 e. The molecule has 0 spiro atoms. The Morgan fingerprint density at radius 3 is 1.81 bits per heavy atom. The highest BCUT2D eigenvalue weighted by Gasteiger charge is 2.44. The summed E-state index contributed by atoms with van der Waals surface area (Å²) in [6.45, 7) is 17.3. The van der Waals surface area contributed by atoms with Crippen molar-refractivity contribution in [2.45, 2.75) is 77.5 Å². The number of benzene rings is 1. The summed E-state index contributed by atoms with van der Waals surface area (Å²) in [6.07, 6.45) is 1.66. The first-order valence-corrected chi connectivity index (χ1v) is 14.4. The molecule has 11 nitrogen and oxygen atoms in total. The van der Waals surface area contributed by atoms with Crippen LogP contribution in [0.15, 0.2) is 29.8 Å². The standard InChI is InChI=1S/C31H48N4O7/c1-28(2)20-34(26(37)30(5,6)32-28)14-16-40-25(36)23(18-22-10-12-24(39-9)13-11-22)19-42-41-17-15-35-21-29(3,4)33-31(7,8)27(35)38/h10-13,18,32-33H,14-17,19-21H2,1-9H3/b23-18-. The molecule has 1 aromatic rings. The molecule has 42 heavy (non-hydrogen) atoms. The number of hydrogen-bond acceptors (Lipinski definition) is 9. The first-order valence-electron chi connectivity index (χ1n) is 14.4. The Labute approximate surface area is 249 Å². The molecule has 0 bridgehead atoms. The van der Waals surface area contributed by atoms with Gasteiger partial charge in [0.05, 0.1) is 36.9 Å². The van der Waals surface area contributed by atoms with Crippen molar-refractivity contribution >= 4 is 23.9 Å². The van der Waals surface area contributed by atoms with Gasteiger partial charge in [-0.2, -0.15) is 0 Å². The molecule has 0 aromatic heterocycles. The van der Waals surface area contributed by atoms with E-state index in [0.717, 1.165) is 5.56 Å². The number of carbonyl (C=O) groups is 3. The number of ether oxygens (including phenoxy) is 2. The summed E-state index contributed by atoms with van der Waals surface area (Å²) in [5, 5.41) is 6.72. The highest BCUT2D eigenvalue weighted by Crippen LogP contribution is 2.23. The van der Waals surface area contributed by atoms with Gasteiger partial charge in [-0.1, -0.05) is 12.1 Å². The van der Waals surface area contributed by atoms with Gasteiger partial charge in [-0.15, -0.1) is 0 Å². The van der Waals surface area contributed by atoms with Crippen LogP contribution in [0.5, 0.6) is 5.75 Å². The van der Waals surface area contributed by atoms with Crippen molar-refractivity contribution in [3.8, 4) is 5.75 Å². The normalized spacial score (nSPS) is 21.3. The summed E-state index contributed by atoms with van der Waals surface area (Å²) in [7, 11) is 1.58. The Balaban J connectivity index is 1.59. The van der Waals surface area contributed by atoms with Gasteiger partial charge in [0.15, 0.2) is 0 Å². The molecule has 0 unspecified atom stereocenters. The van der Waals surface area contributed by atoms with Gasteiger partial charge in [-0.25, -0.2) is 14.6 Å². The molecule has 2 heterocycles. The number of rotatable bonds is 12. The van der Waals surface area contributed by atoms with E-state index < -0.39 is 17.0 Å². The third-order valence-corrected chi connectivity index (χ3v) is 7.17. The summed E-state index contributed by atoms with van der Waals surface area (Å²) < 4.78 is 10.8. The highest BCUT2D eigenvalue weighted by atomic mass is 17.2. The first-order chi connectivity index (χ1) is 19.4. The van der Waals surface area contributed by atoms with Gasteiger partial charge in [0.1, 0.15) is 19.0 Å². The zero-order chi connectivity index (χ0) is 31.3. The van der Waals surface area contributed by atoms with Crippen LogP contribution in [0.25, 0.3) is 6.08 Å². The van der Waals surface area contributed by atoms with E-state index in [1.54, 1.807) is 35.1 Å². The van der Waals surface area contributed by atoms with E-state index in [1.807, 2.05) is 67.5 Å². The van der Waals surface area contributed by atoms with Gasteiger partial charge >= 0.3 is 5.97 Å². The molecule has 2 aliphatic heterocycles. The number of nitrogens with one attached hydrogen (secondary N) is 2. The summed E-state index contributed by atoms with van der Waals surface area (Å²) in [5.74, 6) is 0.0645. The second-order valence-electron chi connectivity index (χ2n) is 13.4. The summed E-state index contributed by atoms with van der Waals surface area (Å²) in [4.78, 5) is 53.1. The molecule has 234 valence electrons. The molecule has 2 amide bonds. The number of nitrogens with zero attached hydrogens (tertiary/aromatic N) is 2. The molecule has 0 atom stereocenters. The topological polar surface area (TPSA) is 119 Å². The van der Waals surface area contributed by atoms with Crippen molar-refractivity contribution in [1.82, 2.24) is 20.4 Å². The van der Waals surface area contributed by atoms with Gasteiger partial charge in [0, 0.05) is 30.7 Å². The Kier molecular flexibility index (Phi) is 10.5. The average Bonchev–Trinajstić information content (AvgIpc) is 2.87. The molecule has 0 aliphatic carbocycles. The van der Waals surface area contributed by atoms with Gasteiger partial charge in [-0.3, -0.25) is 20.2 Å². The molecule has 2 fully saturated rings. The maximum absolute atomic E-state index is 13.1. The van der Waals surface area contributed by atoms with E-state index >= 15 is 0 Å². The number of methoxy groups -OCH3 is 1. The monoisotopic (exact) mass is 588 g/mol. The Morgan fingerprint density at radius 2 is 1.31 bits per heavy atom. The van der Waals surface area contributed by atoms with Crippen molar-refractivity contribution in [3.05, 3.63) is 35.4 Å². The van der Waals surface area contributed by atoms with Crippen molar-refractivity contribution < 1.29 is 33.6 Å². The van der Waals surface area contributed by atoms with Gasteiger partial charge in [0.2, 0.25) is 11.8 Å². The lowest BCUT2D eigenvalue weighted by molar-refractivity contribution is -0.289. The minimum Gasteiger partial charge on any atom is -0.497 e. The molecule has 2 aliphatic rings. The van der Waals surface area contributed by atoms with Gasteiger partial charge in [-0.05, 0) is 79.2 Å². The molecule has 11 heteroatoms. The molecular formula is C31H48N4O7. The summed E-state index contributed by atoms with van der Waals surface area (Å²) >= 11 is 0. The Bertz CT molecular complexity index is 1160. The second kappa shape index (κ2) is 13.1. The Hall–Kier alpha value is -2.99. The van der Waals surface area contributed by atoms with Crippen LogP contribution in [0.4, 0.5) is 0 Å². The van der Waals surface area contributed by atoms with E-state index in [2.05, 4.69) is 10.6 Å². The quantitative estimate of drug-likeness (QED) is 0.125. The van der Waals surface area contributed by atoms with Gasteiger partial charge < -0.3 is 19.3 Å². The predicted octanol–water partition coefficient (Wildman–Crippen LogP) is 2.55. The fourth-order valence-corrected chi connectivity index (χ4v) is 5.84. The van der Waals surface area contributed by atoms with E-state index in [9.17, 15) is 14.4 Å². The second-order valence-corrected chi connectivity index (χ2v) is 13.4. The zero-order valence-corrected chi connectivity index (χ0v) is 26.6. The Morgan fingerprint density at radius 1 is 0.810 bits per heavy atom. The van der Waals surface area contributed by atoms with Crippen LogP contribution in [-0.4, -0.2) is 103 Å². The lowest BCUT2D eigenvalue weighted by atomic mass is 9.90. The maximum Gasteiger partial charge on any atom is 0.336 e. The highest BCUT2D eigenvalue weighted by molar-refractivity contribution is 5.94. The average molecular weight is 589 g/mol. The van der Waals surface area contributed by atoms with Crippen LogP contribution in [0.3, 0.4) is 0 Å². The molecule has 3 rings (SSSR count). The van der Waals surface area contributed by atoms with Crippen molar-refractivity contribution in [2.75, 3.05) is 53.1 Å². The van der Waals surface area contributed by atoms with Crippen LogP contribution >= 0.6 is 0 Å². The number of esters is 1. The zero-order valence-electron chi connectivity index (χ0n) is 26.6. The van der Waals surface area contributed by atoms with Crippen LogP contribution < -0.4 is 15.4 Å². The molecule has 2 saturated heterocycles. The van der Waals surface area contributed by atoms with E-state index in [4.69, 9.17) is 19.2 Å². The van der Waals surface area contributed by atoms with E-state index in [1.165, 1.54) is 0 Å². The van der Waals surface area contributed by atoms with Crippen molar-refractivity contribution in [2.24, 2.45) is 0 Å². The fraction of sp³-hybridized carbons (Fsp3) is 0.645. The first kappa shape index (κ1) is 33.5. The summed E-state index contributed by atoms with van der Waals surface area (Å²) in [5.41, 5.74) is -0.904. The van der Waals surface area contributed by atoms with E-state index in [0.29, 0.717) is 25.4 Å². The minimum atomic E-state index is -0.711. The summed E-state index contributed by atoms with van der Waals surface area (Å²) in [6, 6.07) is 7.21. The lowest BCUT2D eigenvalue weighted by Gasteiger charge is -2.47. The molecular weight excluding hydrogens is 540 g/mol. The number of carbonyl (C=O) groups excluding carboxylic acids is 3. The maximum atomic E-state index is 13.1. The number of piperazine rings is 2. The number of amides is 2. The molecule has 0 radical (unpaired) electrons. The molecule has 2 N–H and O–H groups in total. The van der Waals surface area contributed by atoms with Crippen LogP contribution in [0.2, 0.25) is 0 Å². The van der Waals surface area contributed by atoms with E-state index in [-0.39, 0.29) is 54.8 Å². The van der Waals surface area contributed by atoms with Gasteiger partial charge in [0.25, 0.3) is 0 Å². The number of hydrogen-bond donors (Lipinski definition) is 2. The third-order valence-electron chi connectivity index (χ3n) is 7.17. The predicted molar refractivity (Wildman–Crippen MR) is 160 cm³/mol. The van der Waals surface area contributed by atoms with Crippen molar-refractivity contribution in [1.29, 1.82) is 0 Å². The minimum absolute atomic E-state index is 0.0103. The van der Waals surface area contributed by atoms with Crippen LogP contribution in [0.1, 0.15) is 61.0 Å². The SMILES string of the molecule is COc1ccc(/C=C(/COOCCN2CC(C)(C)NC(C)(C)C2=O)C(=O)OCCN2CC(C)(C)NC(C)(C)C2=O)cc1. The van der Waals surface area contributed by atoms with Crippen LogP contribution in [0, 0.1) is 0 Å². The smallest absolute Gasteiger partial charge is 0.336 e. The van der Waals surface area contributed by atoms with Crippen LogP contribution in [-0.2, 0) is 28.9 Å².